The number of benzene rings is 3. The Hall–Kier alpha value is -6.34. The van der Waals surface area contributed by atoms with Crippen molar-refractivity contribution >= 4 is 46.1 Å². The maximum absolute atomic E-state index is 12.1. The van der Waals surface area contributed by atoms with E-state index in [0.717, 1.165) is 37.2 Å². The number of nitriles is 1. The molecule has 0 aromatic heterocycles. The Bertz CT molecular complexity index is 2080. The van der Waals surface area contributed by atoms with Gasteiger partial charge in [-0.3, -0.25) is 0 Å². The molecule has 13 nitrogen and oxygen atoms in total. The summed E-state index contributed by atoms with van der Waals surface area (Å²) in [6, 6.07) is 15.9. The zero-order chi connectivity index (χ0) is 45.1. The van der Waals surface area contributed by atoms with E-state index >= 15 is 0 Å². The molecule has 62 heavy (non-hydrogen) atoms. The van der Waals surface area contributed by atoms with Crippen molar-refractivity contribution in [1.29, 1.82) is 5.26 Å². The zero-order valence-electron chi connectivity index (χ0n) is 37.3. The number of carbonyl (C=O) groups is 2. The van der Waals surface area contributed by atoms with Crippen LogP contribution in [0.1, 0.15) is 116 Å². The third-order valence-electron chi connectivity index (χ3n) is 9.75. The quantitative estimate of drug-likeness (QED) is 0.0220. The molecule has 0 spiro atoms. The maximum atomic E-state index is 12.1. The van der Waals surface area contributed by atoms with Crippen LogP contribution in [0.15, 0.2) is 93.3 Å². The highest BCUT2D eigenvalue weighted by Gasteiger charge is 2.16. The fraction of sp³-hybridized carbons (Fsp3) is 0.469. The van der Waals surface area contributed by atoms with Gasteiger partial charge in [-0.15, -0.1) is 15.3 Å². The van der Waals surface area contributed by atoms with Gasteiger partial charge in [-0.25, -0.2) is 14.4 Å². The molecular weight excluding hydrogens is 783 g/mol. The van der Waals surface area contributed by atoms with E-state index in [1.54, 1.807) is 26.0 Å². The highest BCUT2D eigenvalue weighted by Crippen LogP contribution is 2.42. The highest BCUT2D eigenvalue weighted by molar-refractivity contribution is 5.87. The summed E-state index contributed by atoms with van der Waals surface area (Å²) >= 11 is 0. The molecule has 0 aliphatic carbocycles. The molecule has 330 valence electrons. The van der Waals surface area contributed by atoms with Gasteiger partial charge in [0.15, 0.2) is 5.69 Å². The summed E-state index contributed by atoms with van der Waals surface area (Å²) in [6.07, 6.45) is 14.9. The Morgan fingerprint density at radius 2 is 1.13 bits per heavy atom. The molecule has 0 radical (unpaired) electrons. The van der Waals surface area contributed by atoms with Crippen molar-refractivity contribution in [1.82, 2.24) is 0 Å². The molecule has 0 N–H and O–H groups in total. The van der Waals surface area contributed by atoms with Crippen LogP contribution >= 0.6 is 0 Å². The van der Waals surface area contributed by atoms with Gasteiger partial charge < -0.3 is 23.8 Å². The van der Waals surface area contributed by atoms with Gasteiger partial charge in [0.1, 0.15) is 61.1 Å². The summed E-state index contributed by atoms with van der Waals surface area (Å²) in [5.41, 5.74) is 4.44. The number of anilines is 1. The van der Waals surface area contributed by atoms with Crippen LogP contribution < -0.4 is 14.4 Å². The summed E-state index contributed by atoms with van der Waals surface area (Å²) in [4.78, 5) is 30.0. The van der Waals surface area contributed by atoms with E-state index in [2.05, 4.69) is 69.3 Å². The molecule has 13 heteroatoms. The Labute approximate surface area is 368 Å². The predicted octanol–water partition coefficient (Wildman–Crippen LogP) is 13.8. The first kappa shape index (κ1) is 50.0. The van der Waals surface area contributed by atoms with Crippen LogP contribution in [0.4, 0.5) is 34.1 Å². The van der Waals surface area contributed by atoms with Gasteiger partial charge in [-0.05, 0) is 69.5 Å². The summed E-state index contributed by atoms with van der Waals surface area (Å²) in [7, 11) is 0. The van der Waals surface area contributed by atoms with Gasteiger partial charge >= 0.3 is 11.9 Å². The lowest BCUT2D eigenvalue weighted by atomic mass is 10.1. The summed E-state index contributed by atoms with van der Waals surface area (Å²) in [5, 5.41) is 27.7. The second-order valence-electron chi connectivity index (χ2n) is 15.1. The Kier molecular flexibility index (Phi) is 22.8. The van der Waals surface area contributed by atoms with Crippen molar-refractivity contribution in [3.63, 3.8) is 0 Å². The Morgan fingerprint density at radius 3 is 1.60 bits per heavy atom. The van der Waals surface area contributed by atoms with Crippen molar-refractivity contribution in [2.45, 2.75) is 112 Å². The number of aryl methyl sites for hydroxylation is 1. The minimum atomic E-state index is -0.555. The number of azo groups is 2. The van der Waals surface area contributed by atoms with Gasteiger partial charge in [0.05, 0.1) is 17.8 Å². The molecule has 0 saturated heterocycles. The SMILES string of the molecule is [C-]#[N+]c1ccc(N=Nc2cc(OCCOC(=O)C(=C)C)c(N=Nc3ccc(N(CCCCCCCC)CCCCCCCC)cc3C)cc2OCCOC(=O)C(=C)C)c(C#N)c1. The molecule has 0 fully saturated rings. The molecular formula is C49H63N7O6. The van der Waals surface area contributed by atoms with Gasteiger partial charge in [0.25, 0.3) is 0 Å². The van der Waals surface area contributed by atoms with E-state index in [1.807, 2.05) is 19.1 Å². The van der Waals surface area contributed by atoms with Crippen LogP contribution in [0.25, 0.3) is 4.85 Å². The van der Waals surface area contributed by atoms with E-state index in [1.165, 1.54) is 82.4 Å². The predicted molar refractivity (Wildman–Crippen MR) is 245 cm³/mol. The Balaban J connectivity index is 2.00. The van der Waals surface area contributed by atoms with Gasteiger partial charge in [0, 0.05) is 42.1 Å². The monoisotopic (exact) mass is 845 g/mol. The summed E-state index contributed by atoms with van der Waals surface area (Å²) in [6.45, 7) is 25.9. The first-order chi connectivity index (χ1) is 30.0. The molecule has 0 bridgehead atoms. The second-order valence-corrected chi connectivity index (χ2v) is 15.1. The largest absolute Gasteiger partial charge is 0.488 e. The summed E-state index contributed by atoms with van der Waals surface area (Å²) < 4.78 is 22.6. The lowest BCUT2D eigenvalue weighted by Crippen LogP contribution is -2.25. The average Bonchev–Trinajstić information content (AvgIpc) is 3.27. The lowest BCUT2D eigenvalue weighted by Gasteiger charge is -2.26. The first-order valence-electron chi connectivity index (χ1n) is 21.7. The first-order valence-corrected chi connectivity index (χ1v) is 21.7. The third-order valence-corrected chi connectivity index (χ3v) is 9.75. The molecule has 3 aromatic rings. The van der Waals surface area contributed by atoms with E-state index in [9.17, 15) is 14.9 Å². The van der Waals surface area contributed by atoms with E-state index < -0.39 is 11.9 Å². The molecule has 0 aliphatic heterocycles. The van der Waals surface area contributed by atoms with E-state index in [-0.39, 0.29) is 77.4 Å². The van der Waals surface area contributed by atoms with Crippen LogP contribution in [-0.2, 0) is 19.1 Å². The minimum absolute atomic E-state index is 0.0351. The Morgan fingerprint density at radius 1 is 0.661 bits per heavy atom. The van der Waals surface area contributed by atoms with Crippen molar-refractivity contribution in [3.8, 4) is 17.6 Å². The smallest absolute Gasteiger partial charge is 0.333 e. The maximum Gasteiger partial charge on any atom is 0.333 e. The normalized spacial score (nSPS) is 11.0. The molecule has 0 amide bonds. The molecule has 0 atom stereocenters. The van der Waals surface area contributed by atoms with Crippen LogP contribution in [0.2, 0.25) is 0 Å². The van der Waals surface area contributed by atoms with Crippen molar-refractivity contribution in [2.75, 3.05) is 44.4 Å². The lowest BCUT2D eigenvalue weighted by molar-refractivity contribution is -0.140. The number of unbranched alkanes of at least 4 members (excludes halogenated alkanes) is 10. The van der Waals surface area contributed by atoms with Crippen molar-refractivity contribution < 1.29 is 28.5 Å². The molecule has 3 rings (SSSR count). The topological polar surface area (TPSA) is 152 Å². The number of rotatable bonds is 29. The number of ether oxygens (including phenoxy) is 4. The number of esters is 2. The molecule has 3 aromatic carbocycles. The molecule has 0 saturated carbocycles. The van der Waals surface area contributed by atoms with Crippen molar-refractivity contribution in [2.24, 2.45) is 20.5 Å². The van der Waals surface area contributed by atoms with Crippen LogP contribution in [-0.4, -0.2) is 51.5 Å². The number of carbonyl (C=O) groups excluding carboxylic acids is 2. The average molecular weight is 846 g/mol. The van der Waals surface area contributed by atoms with Crippen LogP contribution in [0.5, 0.6) is 11.5 Å². The van der Waals surface area contributed by atoms with Gasteiger partial charge in [-0.2, -0.15) is 10.4 Å². The second kappa shape index (κ2) is 28.2. The molecule has 0 unspecified atom stereocenters. The highest BCUT2D eigenvalue weighted by atomic mass is 16.6. The minimum Gasteiger partial charge on any atom is -0.488 e. The molecule has 0 heterocycles. The van der Waals surface area contributed by atoms with Crippen molar-refractivity contribution in [3.05, 3.63) is 95.4 Å². The fourth-order valence-electron chi connectivity index (χ4n) is 6.21. The van der Waals surface area contributed by atoms with Crippen LogP contribution in [0, 0.1) is 24.8 Å². The van der Waals surface area contributed by atoms with E-state index in [4.69, 9.17) is 25.5 Å². The fourth-order valence-corrected chi connectivity index (χ4v) is 6.21. The van der Waals surface area contributed by atoms with E-state index in [0.29, 0.717) is 5.69 Å². The standard InChI is InChI=1S/C49H63N7O6/c1-9-11-13-15-17-19-25-56(26-20-18-16-14-12-10-2)41-22-24-42(38(7)31-41)52-54-44-33-47(60-28-30-62-49(58)37(5)6)45(34-46(44)59-27-29-61-48(57)36(3)4)55-53-43-23-21-40(51-8)32-39(43)35-50/h21-24,31-34H,3,5,9-20,25-30H2,1-2,4,6-7H3. The van der Waals surface area contributed by atoms with Gasteiger partial charge in [-0.1, -0.05) is 97.3 Å². The number of hydrogen-bond acceptors (Lipinski definition) is 12. The van der Waals surface area contributed by atoms with Crippen LogP contribution in [0.3, 0.4) is 0 Å². The third kappa shape index (κ3) is 17.7. The molecule has 0 aliphatic rings. The number of hydrogen-bond donors (Lipinski definition) is 0. The summed E-state index contributed by atoms with van der Waals surface area (Å²) in [5.74, 6) is -0.663. The number of nitrogens with zero attached hydrogens (tertiary/aromatic N) is 7. The van der Waals surface area contributed by atoms with Gasteiger partial charge in [0.2, 0.25) is 0 Å². The zero-order valence-corrected chi connectivity index (χ0v) is 37.3.